The third-order valence-corrected chi connectivity index (χ3v) is 2.02. The third-order valence-electron chi connectivity index (χ3n) is 1.56. The fourth-order valence-electron chi connectivity index (χ4n) is 0.922. The first-order valence-corrected chi connectivity index (χ1v) is 4.93. The molecule has 0 aliphatic rings. The number of aryl methyl sites for hydroxylation is 2. The number of hydrogen-bond donors (Lipinski definition) is 1. The first kappa shape index (κ1) is 11.5. The van der Waals surface area contributed by atoms with Crippen molar-refractivity contribution in [2.75, 3.05) is 5.73 Å². The predicted octanol–water partition coefficient (Wildman–Crippen LogP) is 3.67. The van der Waals surface area contributed by atoms with E-state index < -0.39 is 0 Å². The van der Waals surface area contributed by atoms with Crippen molar-refractivity contribution in [3.05, 3.63) is 27.7 Å². The van der Waals surface area contributed by atoms with E-state index in [4.69, 9.17) is 5.73 Å². The molecule has 0 spiro atoms. The van der Waals surface area contributed by atoms with Crippen molar-refractivity contribution in [3.8, 4) is 0 Å². The lowest BCUT2D eigenvalue weighted by molar-refractivity contribution is 1.37. The number of anilines is 1. The molecule has 0 bridgehead atoms. The molecule has 2 N–H and O–H groups in total. The van der Waals surface area contributed by atoms with Crippen LogP contribution in [0.25, 0.3) is 0 Å². The highest BCUT2D eigenvalue weighted by Crippen LogP contribution is 2.21. The van der Waals surface area contributed by atoms with Crippen molar-refractivity contribution in [2.24, 2.45) is 0 Å². The molecule has 0 saturated carbocycles. The minimum Gasteiger partial charge on any atom is -0.398 e. The van der Waals surface area contributed by atoms with Gasteiger partial charge in [0.25, 0.3) is 0 Å². The Hall–Kier alpha value is -0.500. The van der Waals surface area contributed by atoms with Crippen LogP contribution in [0.1, 0.15) is 25.0 Å². The largest absolute Gasteiger partial charge is 0.398 e. The van der Waals surface area contributed by atoms with Gasteiger partial charge in [-0.1, -0.05) is 29.8 Å². The van der Waals surface area contributed by atoms with E-state index in [0.717, 1.165) is 21.3 Å². The number of nitrogen functional groups attached to an aromatic ring is 1. The quantitative estimate of drug-likeness (QED) is 0.676. The van der Waals surface area contributed by atoms with Crippen molar-refractivity contribution in [3.63, 3.8) is 0 Å². The van der Waals surface area contributed by atoms with Gasteiger partial charge in [0.2, 0.25) is 0 Å². The van der Waals surface area contributed by atoms with Crippen LogP contribution in [0.4, 0.5) is 5.69 Å². The van der Waals surface area contributed by atoms with Crippen molar-refractivity contribution in [1.82, 2.24) is 0 Å². The zero-order valence-corrected chi connectivity index (χ0v) is 9.70. The van der Waals surface area contributed by atoms with Crippen LogP contribution in [0.2, 0.25) is 0 Å². The summed E-state index contributed by atoms with van der Waals surface area (Å²) >= 11 is 3.39. The van der Waals surface area contributed by atoms with Gasteiger partial charge in [-0.2, -0.15) is 0 Å². The molecule has 12 heavy (non-hydrogen) atoms. The molecule has 0 radical (unpaired) electrons. The molecule has 0 amide bonds. The average Bonchev–Trinajstić information content (AvgIpc) is 2.04. The van der Waals surface area contributed by atoms with Gasteiger partial charge < -0.3 is 5.73 Å². The van der Waals surface area contributed by atoms with Gasteiger partial charge in [0.05, 0.1) is 0 Å². The number of halogens is 1. The van der Waals surface area contributed by atoms with Gasteiger partial charge in [0.1, 0.15) is 0 Å². The lowest BCUT2D eigenvalue weighted by Gasteiger charge is -2.03. The fraction of sp³-hybridized carbons (Fsp3) is 0.400. The fourth-order valence-corrected chi connectivity index (χ4v) is 1.61. The molecule has 0 aliphatic carbocycles. The number of benzene rings is 1. The molecule has 0 heterocycles. The molecule has 0 saturated heterocycles. The van der Waals surface area contributed by atoms with Gasteiger partial charge in [-0.3, -0.25) is 0 Å². The zero-order valence-electron chi connectivity index (χ0n) is 8.11. The molecule has 0 unspecified atom stereocenters. The Balaban J connectivity index is 0.000000561. The van der Waals surface area contributed by atoms with E-state index in [2.05, 4.69) is 15.9 Å². The van der Waals surface area contributed by atoms with Crippen molar-refractivity contribution in [2.45, 2.75) is 27.7 Å². The van der Waals surface area contributed by atoms with E-state index in [9.17, 15) is 0 Å². The maximum atomic E-state index is 5.73. The Bertz CT molecular complexity index is 233. The van der Waals surface area contributed by atoms with Crippen LogP contribution in [0.15, 0.2) is 16.6 Å². The van der Waals surface area contributed by atoms with E-state index in [-0.39, 0.29) is 0 Å². The van der Waals surface area contributed by atoms with Crippen LogP contribution < -0.4 is 5.73 Å². The van der Waals surface area contributed by atoms with Crippen LogP contribution >= 0.6 is 15.9 Å². The van der Waals surface area contributed by atoms with Crippen LogP contribution in [-0.2, 0) is 0 Å². The maximum Gasteiger partial charge on any atom is 0.0374 e. The molecule has 1 aromatic rings. The van der Waals surface area contributed by atoms with Gasteiger partial charge in [-0.25, -0.2) is 0 Å². The van der Waals surface area contributed by atoms with Gasteiger partial charge in [0, 0.05) is 10.2 Å². The monoisotopic (exact) mass is 229 g/mol. The molecule has 68 valence electrons. The highest BCUT2D eigenvalue weighted by atomic mass is 79.9. The van der Waals surface area contributed by atoms with E-state index >= 15 is 0 Å². The summed E-state index contributed by atoms with van der Waals surface area (Å²) in [7, 11) is 0. The van der Waals surface area contributed by atoms with Crippen LogP contribution in [0.3, 0.4) is 0 Å². The zero-order chi connectivity index (χ0) is 9.72. The molecule has 0 atom stereocenters. The molecule has 0 aromatic heterocycles. The van der Waals surface area contributed by atoms with E-state index in [0.29, 0.717) is 0 Å². The highest BCUT2D eigenvalue weighted by molar-refractivity contribution is 9.10. The lowest BCUT2D eigenvalue weighted by atomic mass is 10.1. The standard InChI is InChI=1S/C8H10BrN.C2H6/c1-5-3-7(9)4-6(2)8(5)10;1-2/h3-4H,10H2,1-2H3;1-2H3. The number of hydrogen-bond acceptors (Lipinski definition) is 1. The van der Waals surface area contributed by atoms with Crippen molar-refractivity contribution in [1.29, 1.82) is 0 Å². The second kappa shape index (κ2) is 5.20. The minimum absolute atomic E-state index is 0.892. The van der Waals surface area contributed by atoms with Crippen molar-refractivity contribution < 1.29 is 0 Å². The Morgan fingerprint density at radius 3 is 1.75 bits per heavy atom. The molecule has 1 aromatic carbocycles. The smallest absolute Gasteiger partial charge is 0.0374 e. The average molecular weight is 230 g/mol. The van der Waals surface area contributed by atoms with E-state index in [1.165, 1.54) is 0 Å². The first-order chi connectivity index (χ1) is 5.61. The molecular weight excluding hydrogens is 214 g/mol. The summed E-state index contributed by atoms with van der Waals surface area (Å²) in [6.07, 6.45) is 0. The van der Waals surface area contributed by atoms with Gasteiger partial charge in [-0.15, -0.1) is 0 Å². The second-order valence-electron chi connectivity index (χ2n) is 2.45. The van der Waals surface area contributed by atoms with Crippen molar-refractivity contribution >= 4 is 21.6 Å². The minimum atomic E-state index is 0.892. The maximum absolute atomic E-state index is 5.73. The Kier molecular flexibility index (Phi) is 4.98. The van der Waals surface area contributed by atoms with Crippen LogP contribution in [0, 0.1) is 13.8 Å². The first-order valence-electron chi connectivity index (χ1n) is 4.13. The Morgan fingerprint density at radius 1 is 1.08 bits per heavy atom. The summed E-state index contributed by atoms with van der Waals surface area (Å²) in [5.74, 6) is 0. The van der Waals surface area contributed by atoms with E-state index in [1.54, 1.807) is 0 Å². The number of nitrogens with two attached hydrogens (primary N) is 1. The van der Waals surface area contributed by atoms with Crippen LogP contribution in [0.5, 0.6) is 0 Å². The number of rotatable bonds is 0. The summed E-state index contributed by atoms with van der Waals surface area (Å²) in [5.41, 5.74) is 8.88. The summed E-state index contributed by atoms with van der Waals surface area (Å²) in [6.45, 7) is 8.01. The molecule has 1 nitrogen and oxygen atoms in total. The molecule has 1 rings (SSSR count). The topological polar surface area (TPSA) is 26.0 Å². The van der Waals surface area contributed by atoms with Gasteiger partial charge >= 0.3 is 0 Å². The summed E-state index contributed by atoms with van der Waals surface area (Å²) < 4.78 is 1.09. The predicted molar refractivity (Wildman–Crippen MR) is 59.4 cm³/mol. The third kappa shape index (κ3) is 2.86. The van der Waals surface area contributed by atoms with E-state index in [1.807, 2.05) is 39.8 Å². The van der Waals surface area contributed by atoms with Gasteiger partial charge in [-0.05, 0) is 37.1 Å². The second-order valence-corrected chi connectivity index (χ2v) is 3.37. The summed E-state index contributed by atoms with van der Waals surface area (Å²) in [6, 6.07) is 4.03. The van der Waals surface area contributed by atoms with Gasteiger partial charge in [0.15, 0.2) is 0 Å². The molecule has 0 fully saturated rings. The SMILES string of the molecule is CC.Cc1cc(Br)cc(C)c1N. The summed E-state index contributed by atoms with van der Waals surface area (Å²) in [4.78, 5) is 0. The molecule has 0 aliphatic heterocycles. The Morgan fingerprint density at radius 2 is 1.42 bits per heavy atom. The highest BCUT2D eigenvalue weighted by Gasteiger charge is 1.97. The van der Waals surface area contributed by atoms with Crippen LogP contribution in [-0.4, -0.2) is 0 Å². The normalized spacial score (nSPS) is 8.75. The molecular formula is C10H16BrN. The lowest BCUT2D eigenvalue weighted by Crippen LogP contribution is -1.92. The molecule has 2 heteroatoms. The Labute approximate surface area is 83.1 Å². The summed E-state index contributed by atoms with van der Waals surface area (Å²) in [5, 5.41) is 0.